The Morgan fingerprint density at radius 3 is 2.04 bits per heavy atom. The third-order valence-electron chi connectivity index (χ3n) is 3.44. The molecule has 24 heavy (non-hydrogen) atoms. The molecule has 2 aromatic carbocycles. The first-order valence-electron chi connectivity index (χ1n) is 6.75. The molecule has 0 spiro atoms. The molecule has 8 heteroatoms. The van der Waals surface area contributed by atoms with Gasteiger partial charge < -0.3 is 4.74 Å². The quantitative estimate of drug-likeness (QED) is 0.635. The highest BCUT2D eigenvalue weighted by atomic mass is 19.4. The Bertz CT molecular complexity index is 797. The van der Waals surface area contributed by atoms with Crippen LogP contribution in [-0.2, 0) is 6.54 Å². The summed E-state index contributed by atoms with van der Waals surface area (Å²) in [6, 6.07) is 8.97. The maximum atomic E-state index is 13.7. The highest BCUT2D eigenvalue weighted by Crippen LogP contribution is 2.28. The fourth-order valence-electron chi connectivity index (χ4n) is 2.42. The molecule has 0 N–H and O–H groups in total. The molecule has 0 fully saturated rings. The predicted octanol–water partition coefficient (Wildman–Crippen LogP) is 3.52. The fourth-order valence-corrected chi connectivity index (χ4v) is 2.42. The van der Waals surface area contributed by atoms with Gasteiger partial charge >= 0.3 is 6.36 Å². The SMILES string of the molecule is O=C1c2ccccc2C(=O)N1Cc1ccc(OC(F)(F)F)c(F)c1. The van der Waals surface area contributed by atoms with Gasteiger partial charge in [-0.2, -0.15) is 0 Å². The van der Waals surface area contributed by atoms with E-state index in [9.17, 15) is 27.2 Å². The summed E-state index contributed by atoms with van der Waals surface area (Å²) in [6.07, 6.45) is -5.01. The molecule has 0 aromatic heterocycles. The van der Waals surface area contributed by atoms with E-state index in [2.05, 4.69) is 4.74 Å². The smallest absolute Gasteiger partial charge is 0.403 e. The van der Waals surface area contributed by atoms with Crippen LogP contribution in [0.15, 0.2) is 42.5 Å². The number of carbonyl (C=O) groups is 2. The number of rotatable bonds is 3. The van der Waals surface area contributed by atoms with Crippen LogP contribution in [0.1, 0.15) is 26.3 Å². The summed E-state index contributed by atoms with van der Waals surface area (Å²) in [5, 5.41) is 0. The van der Waals surface area contributed by atoms with Crippen molar-refractivity contribution in [1.29, 1.82) is 0 Å². The number of carbonyl (C=O) groups excluding carboxylic acids is 2. The van der Waals surface area contributed by atoms with E-state index in [0.29, 0.717) is 0 Å². The van der Waals surface area contributed by atoms with Gasteiger partial charge in [-0.05, 0) is 29.8 Å². The van der Waals surface area contributed by atoms with Gasteiger partial charge in [0.1, 0.15) is 0 Å². The first-order chi connectivity index (χ1) is 11.3. The summed E-state index contributed by atoms with van der Waals surface area (Å²) < 4.78 is 53.6. The van der Waals surface area contributed by atoms with Crippen molar-refractivity contribution in [1.82, 2.24) is 4.90 Å². The van der Waals surface area contributed by atoms with Crippen LogP contribution in [0.3, 0.4) is 0 Å². The number of imide groups is 1. The molecule has 2 aromatic rings. The van der Waals surface area contributed by atoms with Crippen molar-refractivity contribution in [2.75, 3.05) is 0 Å². The minimum Gasteiger partial charge on any atom is -0.403 e. The topological polar surface area (TPSA) is 46.6 Å². The van der Waals surface area contributed by atoms with Crippen molar-refractivity contribution in [2.24, 2.45) is 0 Å². The van der Waals surface area contributed by atoms with E-state index >= 15 is 0 Å². The summed E-state index contributed by atoms with van der Waals surface area (Å²) in [5.74, 6) is -3.28. The van der Waals surface area contributed by atoms with Gasteiger partial charge in [-0.1, -0.05) is 18.2 Å². The Kier molecular flexibility index (Phi) is 3.75. The molecule has 0 bridgehead atoms. The number of amides is 2. The van der Waals surface area contributed by atoms with Crippen LogP contribution in [0.4, 0.5) is 17.6 Å². The van der Waals surface area contributed by atoms with Crippen LogP contribution in [0.2, 0.25) is 0 Å². The summed E-state index contributed by atoms with van der Waals surface area (Å²) in [7, 11) is 0. The molecule has 0 aliphatic carbocycles. The Balaban J connectivity index is 1.82. The molecule has 124 valence electrons. The molecule has 1 aliphatic heterocycles. The van der Waals surface area contributed by atoms with Crippen LogP contribution in [0.5, 0.6) is 5.75 Å². The number of hydrogen-bond acceptors (Lipinski definition) is 3. The van der Waals surface area contributed by atoms with E-state index in [1.807, 2.05) is 0 Å². The molecule has 0 saturated heterocycles. The maximum absolute atomic E-state index is 13.7. The molecule has 2 amide bonds. The summed E-state index contributed by atoms with van der Waals surface area (Å²) in [6.45, 7) is -0.254. The minimum atomic E-state index is -5.01. The van der Waals surface area contributed by atoms with Crippen molar-refractivity contribution in [2.45, 2.75) is 12.9 Å². The third-order valence-corrected chi connectivity index (χ3v) is 3.44. The normalized spacial score (nSPS) is 14.1. The second-order valence-corrected chi connectivity index (χ2v) is 5.05. The predicted molar refractivity (Wildman–Crippen MR) is 73.7 cm³/mol. The van der Waals surface area contributed by atoms with Crippen molar-refractivity contribution in [3.63, 3.8) is 0 Å². The standard InChI is InChI=1S/C16H9F4NO3/c17-12-7-9(5-6-13(12)24-16(18,19)20)8-21-14(22)10-3-1-2-4-11(10)15(21)23/h1-7H,8H2. The lowest BCUT2D eigenvalue weighted by Gasteiger charge is -2.15. The zero-order chi connectivity index (χ0) is 17.5. The second-order valence-electron chi connectivity index (χ2n) is 5.05. The van der Waals surface area contributed by atoms with Crippen molar-refractivity contribution >= 4 is 11.8 Å². The van der Waals surface area contributed by atoms with E-state index in [1.165, 1.54) is 12.1 Å². The first kappa shape index (κ1) is 16.0. The van der Waals surface area contributed by atoms with Crippen molar-refractivity contribution < 1.29 is 31.9 Å². The Morgan fingerprint density at radius 2 is 1.54 bits per heavy atom. The largest absolute Gasteiger partial charge is 0.573 e. The number of hydrogen-bond donors (Lipinski definition) is 0. The van der Waals surface area contributed by atoms with E-state index in [1.54, 1.807) is 12.1 Å². The Morgan fingerprint density at radius 1 is 0.958 bits per heavy atom. The van der Waals surface area contributed by atoms with Crippen LogP contribution < -0.4 is 4.74 Å². The average molecular weight is 339 g/mol. The van der Waals surface area contributed by atoms with Crippen LogP contribution in [0, 0.1) is 5.82 Å². The van der Waals surface area contributed by atoms with Crippen molar-refractivity contribution in [3.8, 4) is 5.75 Å². The highest BCUT2D eigenvalue weighted by Gasteiger charge is 2.35. The van der Waals surface area contributed by atoms with Crippen LogP contribution in [-0.4, -0.2) is 23.1 Å². The van der Waals surface area contributed by atoms with Crippen LogP contribution in [0.25, 0.3) is 0 Å². The first-order valence-corrected chi connectivity index (χ1v) is 6.75. The lowest BCUT2D eigenvalue weighted by atomic mass is 10.1. The molecule has 0 unspecified atom stereocenters. The van der Waals surface area contributed by atoms with E-state index in [0.717, 1.165) is 23.1 Å². The highest BCUT2D eigenvalue weighted by molar-refractivity contribution is 6.21. The molecule has 0 radical (unpaired) electrons. The molecule has 1 heterocycles. The Labute approximate surface area is 133 Å². The lowest BCUT2D eigenvalue weighted by molar-refractivity contribution is -0.275. The molecule has 0 atom stereocenters. The summed E-state index contributed by atoms with van der Waals surface area (Å²) >= 11 is 0. The molecule has 0 saturated carbocycles. The Hall–Kier alpha value is -2.90. The number of halogens is 4. The van der Waals surface area contributed by atoms with Gasteiger partial charge in [-0.25, -0.2) is 4.39 Å². The maximum Gasteiger partial charge on any atom is 0.573 e. The van der Waals surface area contributed by atoms with Gasteiger partial charge in [0.05, 0.1) is 17.7 Å². The number of alkyl halides is 3. The van der Waals surface area contributed by atoms with E-state index in [-0.39, 0.29) is 23.2 Å². The summed E-state index contributed by atoms with van der Waals surface area (Å²) in [4.78, 5) is 25.3. The number of benzene rings is 2. The molecular weight excluding hydrogens is 330 g/mol. The average Bonchev–Trinajstić information content (AvgIpc) is 2.74. The second kappa shape index (κ2) is 5.63. The van der Waals surface area contributed by atoms with Crippen molar-refractivity contribution in [3.05, 3.63) is 65.0 Å². The fraction of sp³-hybridized carbons (Fsp3) is 0.125. The van der Waals surface area contributed by atoms with Gasteiger partial charge in [0, 0.05) is 0 Å². The van der Waals surface area contributed by atoms with Gasteiger partial charge in [0.25, 0.3) is 11.8 Å². The number of ether oxygens (including phenoxy) is 1. The monoisotopic (exact) mass is 339 g/mol. The van der Waals surface area contributed by atoms with Gasteiger partial charge in [0.15, 0.2) is 11.6 Å². The molecule has 3 rings (SSSR count). The lowest BCUT2D eigenvalue weighted by Crippen LogP contribution is -2.29. The number of fused-ring (bicyclic) bond motifs is 1. The van der Waals surface area contributed by atoms with Gasteiger partial charge in [0.2, 0.25) is 0 Å². The zero-order valence-electron chi connectivity index (χ0n) is 11.9. The molecular formula is C16H9F4NO3. The van der Waals surface area contributed by atoms with Gasteiger partial charge in [-0.15, -0.1) is 13.2 Å². The van der Waals surface area contributed by atoms with E-state index in [4.69, 9.17) is 0 Å². The van der Waals surface area contributed by atoms with Gasteiger partial charge in [-0.3, -0.25) is 14.5 Å². The number of nitrogens with zero attached hydrogens (tertiary/aromatic N) is 1. The zero-order valence-corrected chi connectivity index (χ0v) is 11.9. The van der Waals surface area contributed by atoms with Crippen LogP contribution >= 0.6 is 0 Å². The third kappa shape index (κ3) is 2.94. The molecule has 4 nitrogen and oxygen atoms in total. The molecule has 1 aliphatic rings. The van der Waals surface area contributed by atoms with E-state index < -0.39 is 29.7 Å². The summed E-state index contributed by atoms with van der Waals surface area (Å²) in [5.41, 5.74) is 0.636. The minimum absolute atomic E-state index is 0.163.